The Bertz CT molecular complexity index is 1300. The van der Waals surface area contributed by atoms with Crippen LogP contribution in [-0.2, 0) is 11.3 Å². The van der Waals surface area contributed by atoms with Gasteiger partial charge in [0.15, 0.2) is 0 Å². The Hall–Kier alpha value is -4.70. The standard InChI is InChI=1S/C26H20N4O3/c1-33-19-13-11-17(12-14-19)16-28-26(32)22(15-27)23-20-9-5-6-10-21(20)24(29-23)30-25(31)18-7-3-2-4-8-18/h2-14H,16H2,1H3,(H,28,32)(H,29,30,31)/b23-22-. The molecule has 0 saturated carbocycles. The molecule has 0 aromatic heterocycles. The second-order valence-electron chi connectivity index (χ2n) is 7.19. The third kappa shape index (κ3) is 4.65. The smallest absolute Gasteiger partial charge is 0.264 e. The SMILES string of the molecule is COc1ccc(CNC(=O)/C(C#N)=C2\N=C(NC(=O)c3ccccc3)c3ccccc32)cc1. The second-order valence-corrected chi connectivity index (χ2v) is 7.19. The average Bonchev–Trinajstić information content (AvgIpc) is 3.22. The highest BCUT2D eigenvalue weighted by molar-refractivity contribution is 6.20. The minimum Gasteiger partial charge on any atom is -0.497 e. The molecule has 0 radical (unpaired) electrons. The first kappa shape index (κ1) is 21.5. The lowest BCUT2D eigenvalue weighted by molar-refractivity contribution is -0.117. The van der Waals surface area contributed by atoms with Gasteiger partial charge in [0.25, 0.3) is 11.8 Å². The number of amidine groups is 1. The topological polar surface area (TPSA) is 104 Å². The summed E-state index contributed by atoms with van der Waals surface area (Å²) in [4.78, 5) is 29.9. The number of rotatable bonds is 5. The van der Waals surface area contributed by atoms with Crippen molar-refractivity contribution in [2.75, 3.05) is 7.11 Å². The highest BCUT2D eigenvalue weighted by Crippen LogP contribution is 2.30. The third-order valence-corrected chi connectivity index (χ3v) is 5.12. The summed E-state index contributed by atoms with van der Waals surface area (Å²) in [5.74, 6) is 0.141. The number of fused-ring (bicyclic) bond motifs is 1. The van der Waals surface area contributed by atoms with Gasteiger partial charge in [-0.1, -0.05) is 54.6 Å². The lowest BCUT2D eigenvalue weighted by Gasteiger charge is -2.07. The van der Waals surface area contributed by atoms with Crippen molar-refractivity contribution in [3.63, 3.8) is 0 Å². The summed E-state index contributed by atoms with van der Waals surface area (Å²) in [5.41, 5.74) is 2.69. The molecule has 2 N–H and O–H groups in total. The van der Waals surface area contributed by atoms with Crippen LogP contribution in [0, 0.1) is 11.3 Å². The van der Waals surface area contributed by atoms with Crippen molar-refractivity contribution < 1.29 is 14.3 Å². The number of hydrogen-bond donors (Lipinski definition) is 2. The van der Waals surface area contributed by atoms with E-state index in [1.807, 2.05) is 30.3 Å². The Morgan fingerprint density at radius 2 is 1.61 bits per heavy atom. The fourth-order valence-corrected chi connectivity index (χ4v) is 3.41. The van der Waals surface area contributed by atoms with E-state index in [4.69, 9.17) is 4.74 Å². The molecule has 0 unspecified atom stereocenters. The van der Waals surface area contributed by atoms with E-state index in [0.29, 0.717) is 28.3 Å². The highest BCUT2D eigenvalue weighted by Gasteiger charge is 2.27. The summed E-state index contributed by atoms with van der Waals surface area (Å²) in [7, 11) is 1.58. The molecule has 7 heteroatoms. The molecule has 162 valence electrons. The molecule has 3 aromatic rings. The number of nitrogens with zero attached hydrogens (tertiary/aromatic N) is 2. The number of hydrogen-bond acceptors (Lipinski definition) is 5. The van der Waals surface area contributed by atoms with E-state index in [2.05, 4.69) is 15.6 Å². The van der Waals surface area contributed by atoms with E-state index < -0.39 is 5.91 Å². The van der Waals surface area contributed by atoms with E-state index in [-0.39, 0.29) is 23.7 Å². The number of aliphatic imine (C=N–C) groups is 1. The Balaban J connectivity index is 1.60. The molecule has 33 heavy (non-hydrogen) atoms. The zero-order valence-electron chi connectivity index (χ0n) is 17.8. The first-order chi connectivity index (χ1) is 16.1. The maximum Gasteiger partial charge on any atom is 0.264 e. The molecule has 7 nitrogen and oxygen atoms in total. The van der Waals surface area contributed by atoms with E-state index in [0.717, 1.165) is 5.56 Å². The molecule has 0 bridgehead atoms. The largest absolute Gasteiger partial charge is 0.497 e. The van der Waals surface area contributed by atoms with Crippen LogP contribution >= 0.6 is 0 Å². The van der Waals surface area contributed by atoms with Gasteiger partial charge in [0.05, 0.1) is 12.8 Å². The van der Waals surface area contributed by atoms with Gasteiger partial charge in [-0.15, -0.1) is 0 Å². The molecular formula is C26H20N4O3. The van der Waals surface area contributed by atoms with E-state index in [1.165, 1.54) is 0 Å². The lowest BCUT2D eigenvalue weighted by Crippen LogP contribution is -2.30. The number of carbonyl (C=O) groups is 2. The van der Waals surface area contributed by atoms with Crippen molar-refractivity contribution in [2.45, 2.75) is 6.54 Å². The van der Waals surface area contributed by atoms with Gasteiger partial charge in [-0.2, -0.15) is 5.26 Å². The monoisotopic (exact) mass is 436 g/mol. The summed E-state index contributed by atoms with van der Waals surface area (Å²) >= 11 is 0. The normalized spacial score (nSPS) is 13.3. The maximum atomic E-state index is 12.8. The van der Waals surface area contributed by atoms with Gasteiger partial charge in [-0.05, 0) is 29.8 Å². The molecule has 2 amide bonds. The first-order valence-electron chi connectivity index (χ1n) is 10.2. The van der Waals surface area contributed by atoms with E-state index in [9.17, 15) is 14.9 Å². The Morgan fingerprint density at radius 1 is 0.939 bits per heavy atom. The van der Waals surface area contributed by atoms with Crippen molar-refractivity contribution in [2.24, 2.45) is 4.99 Å². The summed E-state index contributed by atoms with van der Waals surface area (Å²) in [6, 6.07) is 25.1. The predicted molar refractivity (Wildman–Crippen MR) is 124 cm³/mol. The van der Waals surface area contributed by atoms with Gasteiger partial charge in [-0.25, -0.2) is 4.99 Å². The zero-order valence-corrected chi connectivity index (χ0v) is 17.8. The van der Waals surface area contributed by atoms with Crippen LogP contribution in [0.4, 0.5) is 0 Å². The van der Waals surface area contributed by atoms with Crippen LogP contribution in [-0.4, -0.2) is 24.8 Å². The van der Waals surface area contributed by atoms with Crippen LogP contribution in [0.3, 0.4) is 0 Å². The third-order valence-electron chi connectivity index (χ3n) is 5.12. The maximum absolute atomic E-state index is 12.8. The fourth-order valence-electron chi connectivity index (χ4n) is 3.41. The van der Waals surface area contributed by atoms with Gasteiger partial charge in [0, 0.05) is 23.2 Å². The minimum atomic E-state index is -0.544. The van der Waals surface area contributed by atoms with Crippen molar-refractivity contribution in [1.29, 1.82) is 5.26 Å². The molecule has 1 aliphatic rings. The number of carbonyl (C=O) groups excluding carboxylic acids is 2. The molecule has 0 atom stereocenters. The van der Waals surface area contributed by atoms with Crippen LogP contribution < -0.4 is 15.4 Å². The quantitative estimate of drug-likeness (QED) is 0.472. The van der Waals surface area contributed by atoms with Gasteiger partial charge in [-0.3, -0.25) is 9.59 Å². The van der Waals surface area contributed by atoms with Crippen molar-refractivity contribution in [3.8, 4) is 11.8 Å². The Morgan fingerprint density at radius 3 is 2.27 bits per heavy atom. The van der Waals surface area contributed by atoms with Gasteiger partial charge < -0.3 is 15.4 Å². The predicted octanol–water partition coefficient (Wildman–Crippen LogP) is 3.44. The number of nitriles is 1. The minimum absolute atomic E-state index is 0.125. The molecule has 0 fully saturated rings. The molecule has 0 saturated heterocycles. The second kappa shape index (κ2) is 9.62. The van der Waals surface area contributed by atoms with Crippen molar-refractivity contribution >= 4 is 23.3 Å². The van der Waals surface area contributed by atoms with Gasteiger partial charge >= 0.3 is 0 Å². The summed E-state index contributed by atoms with van der Waals surface area (Å²) in [6.07, 6.45) is 0. The molecule has 4 rings (SSSR count). The molecular weight excluding hydrogens is 416 g/mol. The fraction of sp³-hybridized carbons (Fsp3) is 0.0769. The van der Waals surface area contributed by atoms with Crippen LogP contribution in [0.25, 0.3) is 5.70 Å². The molecule has 1 heterocycles. The first-order valence-corrected chi connectivity index (χ1v) is 10.2. The van der Waals surface area contributed by atoms with Gasteiger partial charge in [0.2, 0.25) is 0 Å². The van der Waals surface area contributed by atoms with Crippen molar-refractivity contribution in [1.82, 2.24) is 10.6 Å². The number of benzene rings is 3. The molecule has 1 aliphatic heterocycles. The zero-order chi connectivity index (χ0) is 23.2. The summed E-state index contributed by atoms with van der Waals surface area (Å²) in [6.45, 7) is 0.240. The Labute approximate surface area is 191 Å². The van der Waals surface area contributed by atoms with Crippen LogP contribution in [0.1, 0.15) is 27.0 Å². The van der Waals surface area contributed by atoms with Crippen molar-refractivity contribution in [3.05, 3.63) is 107 Å². The van der Waals surface area contributed by atoms with E-state index in [1.54, 1.807) is 61.7 Å². The van der Waals surface area contributed by atoms with Crippen LogP contribution in [0.5, 0.6) is 5.75 Å². The van der Waals surface area contributed by atoms with E-state index >= 15 is 0 Å². The lowest BCUT2D eigenvalue weighted by atomic mass is 10.0. The van der Waals surface area contributed by atoms with Gasteiger partial charge in [0.1, 0.15) is 23.2 Å². The number of methoxy groups -OCH3 is 1. The average molecular weight is 436 g/mol. The number of amides is 2. The summed E-state index contributed by atoms with van der Waals surface area (Å²) < 4.78 is 5.13. The number of nitrogens with one attached hydrogen (secondary N) is 2. The molecule has 0 aliphatic carbocycles. The summed E-state index contributed by atoms with van der Waals surface area (Å²) in [5, 5.41) is 15.3. The van der Waals surface area contributed by atoms with Crippen LogP contribution in [0.2, 0.25) is 0 Å². The molecule has 3 aromatic carbocycles. The Kier molecular flexibility index (Phi) is 6.28. The number of ether oxygens (including phenoxy) is 1. The molecule has 0 spiro atoms. The highest BCUT2D eigenvalue weighted by atomic mass is 16.5. The van der Waals surface area contributed by atoms with Crippen LogP contribution in [0.15, 0.2) is 89.4 Å².